The van der Waals surface area contributed by atoms with Gasteiger partial charge in [-0.25, -0.2) is 4.39 Å². The SMILES string of the molecule is C=CC(C)(CNC1CC1)Cc1cccc(F)c1Br. The topological polar surface area (TPSA) is 12.0 Å². The van der Waals surface area contributed by atoms with Gasteiger partial charge in [0.25, 0.3) is 0 Å². The molecular weight excluding hydrogens is 293 g/mol. The minimum atomic E-state index is -0.200. The molecule has 0 spiro atoms. The van der Waals surface area contributed by atoms with Crippen molar-refractivity contribution < 1.29 is 4.39 Å². The van der Waals surface area contributed by atoms with Crippen molar-refractivity contribution in [3.8, 4) is 0 Å². The highest BCUT2D eigenvalue weighted by atomic mass is 79.9. The summed E-state index contributed by atoms with van der Waals surface area (Å²) < 4.78 is 14.1. The Kier molecular flexibility index (Phi) is 4.23. The summed E-state index contributed by atoms with van der Waals surface area (Å²) >= 11 is 3.32. The molecule has 0 saturated heterocycles. The molecule has 0 bridgehead atoms. The number of benzene rings is 1. The van der Waals surface area contributed by atoms with Gasteiger partial charge in [-0.2, -0.15) is 0 Å². The highest BCUT2D eigenvalue weighted by molar-refractivity contribution is 9.10. The van der Waals surface area contributed by atoms with Crippen LogP contribution in [0.2, 0.25) is 0 Å². The van der Waals surface area contributed by atoms with Gasteiger partial charge in [0, 0.05) is 18.0 Å². The van der Waals surface area contributed by atoms with Gasteiger partial charge in [-0.1, -0.05) is 25.1 Å². The number of hydrogen-bond donors (Lipinski definition) is 1. The van der Waals surface area contributed by atoms with Crippen molar-refractivity contribution in [2.24, 2.45) is 5.41 Å². The Hall–Kier alpha value is -0.670. The average molecular weight is 312 g/mol. The van der Waals surface area contributed by atoms with E-state index < -0.39 is 0 Å². The van der Waals surface area contributed by atoms with Crippen LogP contribution >= 0.6 is 15.9 Å². The van der Waals surface area contributed by atoms with Gasteiger partial charge in [-0.3, -0.25) is 0 Å². The van der Waals surface area contributed by atoms with Gasteiger partial charge in [0.05, 0.1) is 4.47 Å². The molecule has 0 aliphatic heterocycles. The molecule has 2 rings (SSSR count). The molecule has 1 atom stereocenters. The van der Waals surface area contributed by atoms with E-state index in [-0.39, 0.29) is 11.2 Å². The lowest BCUT2D eigenvalue weighted by atomic mass is 9.83. The molecule has 1 aromatic carbocycles. The van der Waals surface area contributed by atoms with Gasteiger partial charge in [-0.05, 0) is 46.8 Å². The first-order valence-electron chi connectivity index (χ1n) is 6.34. The molecule has 98 valence electrons. The molecule has 0 aromatic heterocycles. The Morgan fingerprint density at radius 2 is 2.28 bits per heavy atom. The first kappa shape index (κ1) is 13.8. The van der Waals surface area contributed by atoms with Crippen LogP contribution in [0.4, 0.5) is 4.39 Å². The first-order chi connectivity index (χ1) is 8.54. The van der Waals surface area contributed by atoms with E-state index in [4.69, 9.17) is 0 Å². The molecular formula is C15H19BrFN. The van der Waals surface area contributed by atoms with Crippen LogP contribution in [0.15, 0.2) is 35.3 Å². The van der Waals surface area contributed by atoms with Crippen LogP contribution in [0.1, 0.15) is 25.3 Å². The maximum Gasteiger partial charge on any atom is 0.137 e. The lowest BCUT2D eigenvalue weighted by Gasteiger charge is -2.27. The van der Waals surface area contributed by atoms with E-state index in [2.05, 4.69) is 34.7 Å². The van der Waals surface area contributed by atoms with Crippen LogP contribution in [0, 0.1) is 11.2 Å². The van der Waals surface area contributed by atoms with Gasteiger partial charge >= 0.3 is 0 Å². The summed E-state index contributed by atoms with van der Waals surface area (Å²) in [4.78, 5) is 0. The van der Waals surface area contributed by atoms with Crippen LogP contribution < -0.4 is 5.32 Å². The fourth-order valence-corrected chi connectivity index (χ4v) is 2.40. The van der Waals surface area contributed by atoms with Crippen LogP contribution in [0.25, 0.3) is 0 Å². The molecule has 1 unspecified atom stereocenters. The monoisotopic (exact) mass is 311 g/mol. The van der Waals surface area contributed by atoms with Crippen molar-refractivity contribution in [3.63, 3.8) is 0 Å². The van der Waals surface area contributed by atoms with Crippen molar-refractivity contribution in [2.45, 2.75) is 32.2 Å². The summed E-state index contributed by atoms with van der Waals surface area (Å²) in [5.41, 5.74) is 0.953. The smallest absolute Gasteiger partial charge is 0.137 e. The largest absolute Gasteiger partial charge is 0.313 e. The van der Waals surface area contributed by atoms with Crippen molar-refractivity contribution >= 4 is 15.9 Å². The zero-order valence-electron chi connectivity index (χ0n) is 10.7. The second-order valence-electron chi connectivity index (χ2n) is 5.40. The number of rotatable bonds is 6. The number of hydrogen-bond acceptors (Lipinski definition) is 1. The van der Waals surface area contributed by atoms with Gasteiger partial charge < -0.3 is 5.32 Å². The van der Waals surface area contributed by atoms with Crippen molar-refractivity contribution in [1.29, 1.82) is 0 Å². The Labute approximate surface area is 117 Å². The summed E-state index contributed by atoms with van der Waals surface area (Å²) in [6, 6.07) is 5.88. The first-order valence-corrected chi connectivity index (χ1v) is 7.13. The molecule has 1 aliphatic carbocycles. The molecule has 3 heteroatoms. The second-order valence-corrected chi connectivity index (χ2v) is 6.20. The van der Waals surface area contributed by atoms with Gasteiger partial charge in [0.2, 0.25) is 0 Å². The highest BCUT2D eigenvalue weighted by Gasteiger charge is 2.27. The summed E-state index contributed by atoms with van der Waals surface area (Å²) in [5, 5.41) is 3.52. The van der Waals surface area contributed by atoms with E-state index >= 15 is 0 Å². The predicted octanol–water partition coefficient (Wildman–Crippen LogP) is 4.08. The maximum atomic E-state index is 13.5. The fourth-order valence-electron chi connectivity index (χ4n) is 1.99. The molecule has 1 N–H and O–H groups in total. The molecule has 0 radical (unpaired) electrons. The highest BCUT2D eigenvalue weighted by Crippen LogP contribution is 2.30. The lowest BCUT2D eigenvalue weighted by Crippen LogP contribution is -2.33. The Morgan fingerprint density at radius 3 is 2.89 bits per heavy atom. The standard InChI is InChI=1S/C15H19BrFN/c1-3-15(2,10-18-12-7-8-12)9-11-5-4-6-13(17)14(11)16/h3-6,12,18H,1,7-10H2,2H3. The normalized spacial score (nSPS) is 18.4. The minimum Gasteiger partial charge on any atom is -0.313 e. The molecule has 0 heterocycles. The minimum absolute atomic E-state index is 0.0428. The van der Waals surface area contributed by atoms with E-state index in [1.54, 1.807) is 6.07 Å². The molecule has 1 saturated carbocycles. The van der Waals surface area contributed by atoms with Crippen LogP contribution in [0.5, 0.6) is 0 Å². The third-order valence-electron chi connectivity index (χ3n) is 3.49. The van der Waals surface area contributed by atoms with Crippen molar-refractivity contribution in [2.75, 3.05) is 6.54 Å². The Balaban J connectivity index is 2.07. The molecule has 1 fully saturated rings. The fraction of sp³-hybridized carbons (Fsp3) is 0.467. The zero-order valence-corrected chi connectivity index (χ0v) is 12.3. The average Bonchev–Trinajstić information content (AvgIpc) is 3.17. The van der Waals surface area contributed by atoms with Gasteiger partial charge in [0.15, 0.2) is 0 Å². The molecule has 1 aliphatic rings. The van der Waals surface area contributed by atoms with E-state index in [0.29, 0.717) is 10.5 Å². The van der Waals surface area contributed by atoms with E-state index in [0.717, 1.165) is 18.5 Å². The number of nitrogens with one attached hydrogen (secondary N) is 1. The van der Waals surface area contributed by atoms with Crippen molar-refractivity contribution in [1.82, 2.24) is 5.32 Å². The molecule has 0 amide bonds. The third-order valence-corrected chi connectivity index (χ3v) is 4.38. The quantitative estimate of drug-likeness (QED) is 0.781. The molecule has 1 nitrogen and oxygen atoms in total. The Bertz CT molecular complexity index is 442. The summed E-state index contributed by atoms with van der Waals surface area (Å²) in [5.74, 6) is -0.200. The Morgan fingerprint density at radius 1 is 1.56 bits per heavy atom. The lowest BCUT2D eigenvalue weighted by molar-refractivity contribution is 0.388. The van der Waals surface area contributed by atoms with Gasteiger partial charge in [-0.15, -0.1) is 6.58 Å². The van der Waals surface area contributed by atoms with Gasteiger partial charge in [0.1, 0.15) is 5.82 Å². The van der Waals surface area contributed by atoms with Crippen LogP contribution in [-0.4, -0.2) is 12.6 Å². The zero-order chi connectivity index (χ0) is 13.2. The maximum absolute atomic E-state index is 13.5. The summed E-state index contributed by atoms with van der Waals surface area (Å²) in [6.07, 6.45) is 5.31. The second kappa shape index (κ2) is 5.54. The summed E-state index contributed by atoms with van der Waals surface area (Å²) in [6.45, 7) is 6.98. The van der Waals surface area contributed by atoms with E-state index in [9.17, 15) is 4.39 Å². The predicted molar refractivity (Wildman–Crippen MR) is 77.1 cm³/mol. The van der Waals surface area contributed by atoms with E-state index in [1.165, 1.54) is 18.9 Å². The van der Waals surface area contributed by atoms with Crippen LogP contribution in [0.3, 0.4) is 0 Å². The summed E-state index contributed by atoms with van der Waals surface area (Å²) in [7, 11) is 0. The third kappa shape index (κ3) is 3.42. The molecule has 18 heavy (non-hydrogen) atoms. The number of halogens is 2. The van der Waals surface area contributed by atoms with Crippen molar-refractivity contribution in [3.05, 3.63) is 46.7 Å². The van der Waals surface area contributed by atoms with E-state index in [1.807, 2.05) is 12.1 Å². The molecule has 1 aromatic rings. The van der Waals surface area contributed by atoms with Crippen LogP contribution in [-0.2, 0) is 6.42 Å².